The zero-order valence-electron chi connectivity index (χ0n) is 53.6. The number of ether oxygens (including phenoxy) is 5. The minimum absolute atomic E-state index is 0.00189. The Morgan fingerprint density at radius 2 is 1.08 bits per heavy atom. The number of phenols is 4. The van der Waals surface area contributed by atoms with Gasteiger partial charge in [-0.25, -0.2) is 33.5 Å². The fourth-order valence-electron chi connectivity index (χ4n) is 9.35. The van der Waals surface area contributed by atoms with Gasteiger partial charge in [0, 0.05) is 55.0 Å². The molecule has 10 N–H and O–H groups in total. The second-order valence-corrected chi connectivity index (χ2v) is 26.6. The van der Waals surface area contributed by atoms with Crippen LogP contribution in [0.2, 0.25) is 0 Å². The predicted octanol–water partition coefficient (Wildman–Crippen LogP) is 4.80. The first-order chi connectivity index (χ1) is 47.1. The Balaban J connectivity index is 1.07. The van der Waals surface area contributed by atoms with Gasteiger partial charge in [-0.15, -0.1) is 0 Å². The Hall–Kier alpha value is -9.19. The normalized spacial score (nSPS) is 17.3. The fourth-order valence-corrected chi connectivity index (χ4v) is 12.4. The number of aliphatic hydroxyl groups is 2. The summed E-state index contributed by atoms with van der Waals surface area (Å²) in [5.74, 6) is -7.71. The highest BCUT2D eigenvalue weighted by Gasteiger charge is 2.51. The lowest BCUT2D eigenvalue weighted by Gasteiger charge is -2.33. The number of imidazole rings is 1. The molecule has 6 aromatic rings. The summed E-state index contributed by atoms with van der Waals surface area (Å²) in [7, 11) is -12.3. The van der Waals surface area contributed by atoms with Crippen LogP contribution in [0.15, 0.2) is 110 Å². The number of nitrogens with zero attached hydrogens (tertiary/aromatic N) is 7. The topological polar surface area (TPSA) is 492 Å². The highest BCUT2D eigenvalue weighted by Crippen LogP contribution is 2.61. The van der Waals surface area contributed by atoms with Gasteiger partial charge >= 0.3 is 23.5 Å². The van der Waals surface area contributed by atoms with Crippen molar-refractivity contribution in [2.75, 3.05) is 65.4 Å². The number of anilines is 1. The zero-order chi connectivity index (χ0) is 73.6. The van der Waals surface area contributed by atoms with Crippen LogP contribution in [-0.2, 0) is 65.1 Å². The van der Waals surface area contributed by atoms with Crippen LogP contribution in [0.25, 0.3) is 35.5 Å². The number of methoxy groups -OCH3 is 4. The first kappa shape index (κ1) is 78.2. The molecule has 1 fully saturated rings. The van der Waals surface area contributed by atoms with Gasteiger partial charge in [-0.2, -0.15) is 16.9 Å². The van der Waals surface area contributed by atoms with Crippen molar-refractivity contribution in [2.24, 2.45) is 5.41 Å². The summed E-state index contributed by atoms with van der Waals surface area (Å²) in [5, 5.41) is 63.5. The second-order valence-electron chi connectivity index (χ2n) is 21.9. The smallest absolute Gasteiger partial charge is 0.481 e. The molecular formula is C61H68N7O28P3S. The molecule has 0 spiro atoms. The number of fused-ring (bicyclic) bond motifs is 1. The minimum atomic E-state index is -5.94. The first-order valence-corrected chi connectivity index (χ1v) is 34.3. The largest absolute Gasteiger partial charge is 0.504 e. The molecule has 0 saturated carbocycles. The van der Waals surface area contributed by atoms with E-state index in [-0.39, 0.29) is 75.0 Å². The number of aliphatic hydroxyl groups excluding tert-OH is 2. The Morgan fingerprint density at radius 3 is 1.52 bits per heavy atom. The van der Waals surface area contributed by atoms with Gasteiger partial charge in [-0.3, -0.25) is 56.7 Å². The van der Waals surface area contributed by atoms with E-state index < -0.39 is 127 Å². The number of hydrogen-bond donors (Lipinski definition) is 11. The molecule has 39 heteroatoms. The van der Waals surface area contributed by atoms with E-state index in [2.05, 4.69) is 31.9 Å². The number of benzene rings is 4. The third-order valence-electron chi connectivity index (χ3n) is 14.5. The van der Waals surface area contributed by atoms with Gasteiger partial charge in [0.05, 0.1) is 48.0 Å². The summed E-state index contributed by atoms with van der Waals surface area (Å²) in [6.07, 6.45) is -0.789. The van der Waals surface area contributed by atoms with Gasteiger partial charge in [0.2, 0.25) is 5.91 Å². The van der Waals surface area contributed by atoms with Gasteiger partial charge in [0.25, 0.3) is 29.5 Å². The lowest BCUT2D eigenvalue weighted by atomic mass is 9.86. The van der Waals surface area contributed by atoms with Gasteiger partial charge in [0.1, 0.15) is 30.7 Å². The van der Waals surface area contributed by atoms with Crippen molar-refractivity contribution < 1.29 is 134 Å². The molecule has 2 aromatic heterocycles. The molecule has 6 amide bonds. The monoisotopic (exact) mass is 1470 g/mol. The zero-order valence-corrected chi connectivity index (χ0v) is 57.1. The number of phosphoric acid groups is 3. The molecule has 3 heterocycles. The molecule has 35 nitrogen and oxygen atoms in total. The minimum Gasteiger partial charge on any atom is -0.504 e. The Kier molecular flexibility index (Phi) is 26.4. The molecule has 1 aliphatic heterocycles. The molecule has 0 bridgehead atoms. The number of aromatic nitrogens is 4. The third-order valence-corrected chi connectivity index (χ3v) is 17.8. The van der Waals surface area contributed by atoms with Crippen molar-refractivity contribution in [1.29, 1.82) is 0 Å². The summed E-state index contributed by atoms with van der Waals surface area (Å²) in [5.41, 5.74) is -1.46. The molecule has 2 unspecified atom stereocenters. The quantitative estimate of drug-likeness (QED) is 0.0158. The van der Waals surface area contributed by atoms with Crippen LogP contribution in [0.1, 0.15) is 48.8 Å². The molecule has 536 valence electrons. The molecule has 7 atom stereocenters. The van der Waals surface area contributed by atoms with Crippen LogP contribution in [0.4, 0.5) is 5.82 Å². The fraction of sp³-hybridized carbons (Fsp3) is 0.295. The van der Waals surface area contributed by atoms with Gasteiger partial charge in [-0.1, -0.05) is 38.1 Å². The van der Waals surface area contributed by atoms with Crippen LogP contribution in [0, 0.1) is 5.41 Å². The molecule has 0 radical (unpaired) electrons. The van der Waals surface area contributed by atoms with E-state index in [0.29, 0.717) is 26.5 Å². The van der Waals surface area contributed by atoms with Crippen molar-refractivity contribution in [1.82, 2.24) is 29.3 Å². The van der Waals surface area contributed by atoms with Gasteiger partial charge in [0.15, 0.2) is 69.2 Å². The molecule has 1 aliphatic rings. The first-order valence-electron chi connectivity index (χ1n) is 29.1. The Bertz CT molecular complexity index is 4240. The van der Waals surface area contributed by atoms with Crippen molar-refractivity contribution in [3.63, 3.8) is 0 Å². The molecule has 100 heavy (non-hydrogen) atoms. The number of aromatic hydroxyl groups is 4. The molecular weight excluding hydrogens is 1400 g/mol. The van der Waals surface area contributed by atoms with Crippen molar-refractivity contribution in [3.05, 3.63) is 132 Å². The second kappa shape index (κ2) is 33.8. The number of thiol groups is 1. The van der Waals surface area contributed by atoms with E-state index in [9.17, 15) is 92.7 Å². The number of rotatable bonds is 31. The predicted molar refractivity (Wildman–Crippen MR) is 354 cm³/mol. The highest BCUT2D eigenvalue weighted by atomic mass is 32.1. The lowest BCUT2D eigenvalue weighted by Crippen LogP contribution is -2.50. The van der Waals surface area contributed by atoms with E-state index in [1.54, 1.807) is 0 Å². The highest BCUT2D eigenvalue weighted by molar-refractivity contribution is 7.80. The van der Waals surface area contributed by atoms with Crippen LogP contribution in [0.3, 0.4) is 0 Å². The summed E-state index contributed by atoms with van der Waals surface area (Å²) < 4.78 is 85.6. The summed E-state index contributed by atoms with van der Waals surface area (Å²) >= 11 is 4.15. The van der Waals surface area contributed by atoms with Crippen molar-refractivity contribution in [3.8, 4) is 46.0 Å². The van der Waals surface area contributed by atoms with Gasteiger partial charge in [-0.05, 0) is 95.1 Å². The van der Waals surface area contributed by atoms with E-state index in [1.165, 1.54) is 126 Å². The van der Waals surface area contributed by atoms with E-state index in [0.717, 1.165) is 60.3 Å². The standard InChI is InChI=1S/C61H68N7O28P3S/c1-61(2,56(79)59(80)66(49(74)20-12-36-8-16-40(70)44(28-36)89-4)24-23-50(75)65(25-26-100)48(73)19-11-35-7-15-39(69)43(27-35)88-3)32-93-99(86,87)96-98(84,85)92-31-47-55(95-97(81,82)83)54(78)60(94-47)67-34-64-53-57(67)62-33-63-58(53)68(51(76)21-13-37-9-17-41(71)45(29-37)90-5)52(77)22-14-38-10-18-42(72)46(30-38)91-6/h7-22,27-30,33-34,47,54-56,60,69-72,78-79,100H,23-26,31-32H2,1-6H3,(H,84,85)(H,86,87)(H2,81,82,83)/b19-11+,20-12+,21-13+,22-14+/t47-,54-,55-,56+,60-/m1/s1. The summed E-state index contributed by atoms with van der Waals surface area (Å²) in [6, 6.07) is 16.3. The molecule has 4 aromatic carbocycles. The number of phenolic OH excluding ortho intramolecular Hbond substituents is 4. The number of phosphoric ester groups is 3. The average molecular weight is 1470 g/mol. The van der Waals surface area contributed by atoms with Crippen LogP contribution >= 0.6 is 36.1 Å². The van der Waals surface area contributed by atoms with Crippen molar-refractivity contribution >= 4 is 113 Å². The van der Waals surface area contributed by atoms with Gasteiger partial charge < -0.3 is 73.9 Å². The third kappa shape index (κ3) is 20.3. The van der Waals surface area contributed by atoms with Crippen LogP contribution < -0.4 is 23.8 Å². The summed E-state index contributed by atoms with van der Waals surface area (Å²) in [6.45, 7) is -1.47. The number of amides is 6. The maximum Gasteiger partial charge on any atom is 0.481 e. The Labute approximate surface area is 573 Å². The number of carbonyl (C=O) groups excluding carboxylic acids is 6. The maximum absolute atomic E-state index is 14.2. The average Bonchev–Trinajstić information content (AvgIpc) is 1.60. The van der Waals surface area contributed by atoms with Crippen molar-refractivity contribution in [2.45, 2.75) is 50.9 Å². The Morgan fingerprint density at radius 1 is 0.640 bits per heavy atom. The van der Waals surface area contributed by atoms with Crippen LogP contribution in [0.5, 0.6) is 46.0 Å². The summed E-state index contributed by atoms with van der Waals surface area (Å²) in [4.78, 5) is 139. The van der Waals surface area contributed by atoms with E-state index in [1.807, 2.05) is 0 Å². The SMILES string of the molecule is COc1cc(/C=C/C(=O)N(CCS)C(=O)CCN(C(=O)/C=C/c2ccc(O)c(OC)c2)C(=O)[C@H](O)C(C)(C)COP(=O)(O)OP(=O)(O)OC[C@H]2O[C@@H](n3cnc4c(N(C(=O)/C=C/c5ccc(O)c(OC)c5)C(=O)/C=C/c5ccc(O)c(OC)c5)ncnc43)[C@H](O)[C@@H]2OP(=O)(O)O)ccc1O. The number of carbonyl (C=O) groups is 6. The molecule has 1 saturated heterocycles. The lowest BCUT2D eigenvalue weighted by molar-refractivity contribution is -0.154. The molecule has 0 aliphatic carbocycles. The van der Waals surface area contributed by atoms with E-state index >= 15 is 0 Å². The maximum atomic E-state index is 14.2. The number of imide groups is 3. The van der Waals surface area contributed by atoms with Crippen LogP contribution in [-0.4, -0.2) is 200 Å². The molecule has 7 rings (SSSR count). The van der Waals surface area contributed by atoms with E-state index in [4.69, 9.17) is 37.3 Å². The number of hydrogen-bond acceptors (Lipinski definition) is 28.